The van der Waals surface area contributed by atoms with Crippen molar-refractivity contribution in [3.8, 4) is 11.6 Å². The van der Waals surface area contributed by atoms with E-state index in [2.05, 4.69) is 78.4 Å². The highest BCUT2D eigenvalue weighted by atomic mass is 16.5. The second-order valence-electron chi connectivity index (χ2n) is 7.71. The second-order valence-corrected chi connectivity index (χ2v) is 7.71. The van der Waals surface area contributed by atoms with Crippen LogP contribution in [0.2, 0.25) is 0 Å². The molecule has 0 aliphatic carbocycles. The number of ether oxygens (including phenoxy) is 1. The van der Waals surface area contributed by atoms with Crippen LogP contribution in [0.25, 0.3) is 0 Å². The molecule has 4 nitrogen and oxygen atoms in total. The molecule has 0 fully saturated rings. The molecule has 0 spiro atoms. The van der Waals surface area contributed by atoms with Gasteiger partial charge in [0.15, 0.2) is 0 Å². The summed E-state index contributed by atoms with van der Waals surface area (Å²) in [5, 5.41) is 0. The van der Waals surface area contributed by atoms with Gasteiger partial charge in [-0.2, -0.15) is 0 Å². The Balaban J connectivity index is 0.00000190. The number of aromatic nitrogens is 1. The van der Waals surface area contributed by atoms with E-state index in [1.807, 2.05) is 0 Å². The lowest BCUT2D eigenvalue weighted by Crippen LogP contribution is -2.05. The fraction of sp³-hybridized carbons (Fsp3) is 0.542. The molecule has 4 heteroatoms. The van der Waals surface area contributed by atoms with E-state index in [0.717, 1.165) is 23.7 Å². The molecular formula is C24H39N3O. The van der Waals surface area contributed by atoms with Gasteiger partial charge in [-0.15, -0.1) is 0 Å². The molecule has 1 aromatic heterocycles. The molecule has 0 aliphatic heterocycles. The molecule has 0 saturated carbocycles. The van der Waals surface area contributed by atoms with Crippen molar-refractivity contribution in [3.63, 3.8) is 0 Å². The van der Waals surface area contributed by atoms with Crippen LogP contribution in [0.1, 0.15) is 85.4 Å². The fourth-order valence-electron chi connectivity index (χ4n) is 3.90. The highest BCUT2D eigenvalue weighted by Gasteiger charge is 2.18. The topological polar surface area (TPSA) is 74.2 Å². The van der Waals surface area contributed by atoms with Crippen LogP contribution in [0.15, 0.2) is 18.2 Å². The Kier molecular flexibility index (Phi) is 10.2. The van der Waals surface area contributed by atoms with Gasteiger partial charge in [-0.25, -0.2) is 4.98 Å². The molecule has 2 aromatic rings. The van der Waals surface area contributed by atoms with Crippen LogP contribution in [0.4, 0.5) is 0 Å². The monoisotopic (exact) mass is 385 g/mol. The number of rotatable bonds is 8. The number of pyridine rings is 1. The van der Waals surface area contributed by atoms with Crippen molar-refractivity contribution in [1.82, 2.24) is 4.98 Å². The van der Waals surface area contributed by atoms with Crippen LogP contribution in [0, 0.1) is 34.6 Å². The normalized spacial score (nSPS) is 11.6. The van der Waals surface area contributed by atoms with E-state index >= 15 is 0 Å². The molecule has 1 heterocycles. The van der Waals surface area contributed by atoms with Gasteiger partial charge in [0.25, 0.3) is 0 Å². The Hall–Kier alpha value is -1.91. The van der Waals surface area contributed by atoms with E-state index in [9.17, 15) is 0 Å². The number of nitrogens with two attached hydrogens (primary N) is 2. The van der Waals surface area contributed by atoms with E-state index in [4.69, 9.17) is 9.72 Å². The van der Waals surface area contributed by atoms with E-state index in [0.29, 0.717) is 5.92 Å². The van der Waals surface area contributed by atoms with Gasteiger partial charge >= 0.3 is 0 Å². The minimum atomic E-state index is 0.589. The minimum Gasteiger partial charge on any atom is -0.438 e. The maximum atomic E-state index is 6.36. The largest absolute Gasteiger partial charge is 0.438 e. The SMILES string of the molecule is CCCCCC(CC)c1cc(C)nc(Oc2c(C)cc(C)cc2C)c1C.NN. The van der Waals surface area contributed by atoms with Crippen molar-refractivity contribution in [1.29, 1.82) is 0 Å². The zero-order valence-electron chi connectivity index (χ0n) is 18.9. The van der Waals surface area contributed by atoms with Crippen molar-refractivity contribution in [2.75, 3.05) is 0 Å². The number of hydrogen-bond donors (Lipinski definition) is 2. The van der Waals surface area contributed by atoms with E-state index in [-0.39, 0.29) is 0 Å². The van der Waals surface area contributed by atoms with Gasteiger partial charge in [0, 0.05) is 11.3 Å². The Bertz CT molecular complexity index is 733. The predicted octanol–water partition coefficient (Wildman–Crippen LogP) is 6.31. The third-order valence-corrected chi connectivity index (χ3v) is 5.29. The van der Waals surface area contributed by atoms with Gasteiger partial charge in [-0.1, -0.05) is 50.8 Å². The number of hydrogen-bond acceptors (Lipinski definition) is 4. The first-order valence-electron chi connectivity index (χ1n) is 10.4. The summed E-state index contributed by atoms with van der Waals surface area (Å²) >= 11 is 0. The lowest BCUT2D eigenvalue weighted by Gasteiger charge is -2.21. The van der Waals surface area contributed by atoms with Gasteiger partial charge in [0.2, 0.25) is 5.88 Å². The van der Waals surface area contributed by atoms with E-state index in [1.54, 1.807) is 0 Å². The Morgan fingerprint density at radius 2 is 1.54 bits per heavy atom. The minimum absolute atomic E-state index is 0.589. The predicted molar refractivity (Wildman–Crippen MR) is 120 cm³/mol. The van der Waals surface area contributed by atoms with Crippen LogP contribution in [0.3, 0.4) is 0 Å². The van der Waals surface area contributed by atoms with Crippen LogP contribution in [0.5, 0.6) is 11.6 Å². The summed E-state index contributed by atoms with van der Waals surface area (Å²) in [6.45, 7) is 15.1. The zero-order chi connectivity index (χ0) is 21.3. The quantitative estimate of drug-likeness (QED) is 0.317. The van der Waals surface area contributed by atoms with Crippen molar-refractivity contribution >= 4 is 0 Å². The van der Waals surface area contributed by atoms with Gasteiger partial charge in [0.05, 0.1) is 0 Å². The van der Waals surface area contributed by atoms with Gasteiger partial charge < -0.3 is 4.74 Å². The summed E-state index contributed by atoms with van der Waals surface area (Å²) in [5.74, 6) is 10.3. The number of aryl methyl sites for hydroxylation is 4. The molecule has 0 amide bonds. The average molecular weight is 386 g/mol. The molecule has 4 N–H and O–H groups in total. The smallest absolute Gasteiger partial charge is 0.222 e. The van der Waals surface area contributed by atoms with Crippen molar-refractivity contribution in [3.05, 3.63) is 51.7 Å². The molecular weight excluding hydrogens is 346 g/mol. The van der Waals surface area contributed by atoms with Gasteiger partial charge in [-0.05, 0) is 76.1 Å². The first kappa shape index (κ1) is 24.1. The Labute approximate surface area is 171 Å². The highest BCUT2D eigenvalue weighted by molar-refractivity contribution is 5.47. The molecule has 0 aliphatic rings. The second kappa shape index (κ2) is 11.8. The van der Waals surface area contributed by atoms with Crippen LogP contribution < -0.4 is 16.4 Å². The standard InChI is InChI=1S/C24H35NO.H4N2/c1-8-10-11-12-21(9-2)22-15-19(6)25-24(20(22)7)26-23-17(4)13-16(3)14-18(23)5;1-2/h13-15,21H,8-12H2,1-7H3;1-2H2. The third-order valence-electron chi connectivity index (χ3n) is 5.29. The molecule has 156 valence electrons. The summed E-state index contributed by atoms with van der Waals surface area (Å²) in [6, 6.07) is 6.61. The number of nitrogens with zero attached hydrogens (tertiary/aromatic N) is 1. The first-order chi connectivity index (χ1) is 13.4. The molecule has 1 unspecified atom stereocenters. The van der Waals surface area contributed by atoms with E-state index < -0.39 is 0 Å². The number of unbranched alkanes of at least 4 members (excludes halogenated alkanes) is 2. The molecule has 0 saturated heterocycles. The molecule has 0 radical (unpaired) electrons. The highest BCUT2D eigenvalue weighted by Crippen LogP contribution is 2.36. The Morgan fingerprint density at radius 3 is 2.07 bits per heavy atom. The van der Waals surface area contributed by atoms with Crippen LogP contribution >= 0.6 is 0 Å². The van der Waals surface area contributed by atoms with Gasteiger partial charge in [-0.3, -0.25) is 11.7 Å². The lowest BCUT2D eigenvalue weighted by molar-refractivity contribution is 0.447. The fourth-order valence-corrected chi connectivity index (χ4v) is 3.90. The van der Waals surface area contributed by atoms with Crippen molar-refractivity contribution in [2.24, 2.45) is 11.7 Å². The summed E-state index contributed by atoms with van der Waals surface area (Å²) < 4.78 is 6.36. The van der Waals surface area contributed by atoms with Crippen LogP contribution in [-0.4, -0.2) is 4.98 Å². The maximum absolute atomic E-state index is 6.36. The third kappa shape index (κ3) is 6.32. The molecule has 2 rings (SSSR count). The van der Waals surface area contributed by atoms with Crippen LogP contribution in [-0.2, 0) is 0 Å². The van der Waals surface area contributed by atoms with Crippen molar-refractivity contribution < 1.29 is 4.74 Å². The zero-order valence-corrected chi connectivity index (χ0v) is 18.9. The average Bonchev–Trinajstić information content (AvgIpc) is 2.66. The summed E-state index contributed by atoms with van der Waals surface area (Å²) in [5.41, 5.74) is 7.25. The molecule has 1 atom stereocenters. The molecule has 28 heavy (non-hydrogen) atoms. The number of hydrazine groups is 1. The summed E-state index contributed by atoms with van der Waals surface area (Å²) in [4.78, 5) is 4.72. The lowest BCUT2D eigenvalue weighted by atomic mass is 9.88. The van der Waals surface area contributed by atoms with Gasteiger partial charge in [0.1, 0.15) is 5.75 Å². The summed E-state index contributed by atoms with van der Waals surface area (Å²) in [6.07, 6.45) is 6.28. The first-order valence-corrected chi connectivity index (χ1v) is 10.4. The number of benzene rings is 1. The summed E-state index contributed by atoms with van der Waals surface area (Å²) in [7, 11) is 0. The Morgan fingerprint density at radius 1 is 0.929 bits per heavy atom. The maximum Gasteiger partial charge on any atom is 0.222 e. The molecule has 0 bridgehead atoms. The van der Waals surface area contributed by atoms with Crippen molar-refractivity contribution in [2.45, 2.75) is 86.5 Å². The molecule has 1 aromatic carbocycles. The van der Waals surface area contributed by atoms with E-state index in [1.165, 1.54) is 53.5 Å².